The summed E-state index contributed by atoms with van der Waals surface area (Å²) in [4.78, 5) is 0. The molecular weight excluding hydrogens is 333 g/mol. The summed E-state index contributed by atoms with van der Waals surface area (Å²) in [5.41, 5.74) is 4.02. The average Bonchev–Trinajstić information content (AvgIpc) is 2.45. The van der Waals surface area contributed by atoms with Gasteiger partial charge in [0.25, 0.3) is 0 Å². The third-order valence-corrected chi connectivity index (χ3v) is 4.50. The summed E-state index contributed by atoms with van der Waals surface area (Å²) < 4.78 is 20.2. The minimum absolute atomic E-state index is 0.133. The Morgan fingerprint density at radius 1 is 1.24 bits per heavy atom. The molecule has 0 heterocycles. The van der Waals surface area contributed by atoms with E-state index < -0.39 is 0 Å². The van der Waals surface area contributed by atoms with Gasteiger partial charge in [0.1, 0.15) is 11.6 Å². The third kappa shape index (κ3) is 3.11. The van der Waals surface area contributed by atoms with E-state index in [0.29, 0.717) is 0 Å². The van der Waals surface area contributed by atoms with Gasteiger partial charge in [-0.2, -0.15) is 0 Å². The lowest BCUT2D eigenvalue weighted by Crippen LogP contribution is -2.20. The quantitative estimate of drug-likeness (QED) is 0.873. The molecule has 2 rings (SSSR count). The molecule has 2 aromatic carbocycles. The van der Waals surface area contributed by atoms with Crippen LogP contribution in [0.2, 0.25) is 0 Å². The zero-order valence-electron chi connectivity index (χ0n) is 12.6. The van der Waals surface area contributed by atoms with Crippen molar-refractivity contribution in [3.63, 3.8) is 0 Å². The normalized spacial score (nSPS) is 12.3. The average molecular weight is 352 g/mol. The Balaban J connectivity index is 2.67. The molecule has 4 heteroatoms. The van der Waals surface area contributed by atoms with Crippen LogP contribution >= 0.6 is 15.9 Å². The highest BCUT2D eigenvalue weighted by Gasteiger charge is 2.22. The number of nitrogens with one attached hydrogen (secondary N) is 1. The topological polar surface area (TPSA) is 21.3 Å². The van der Waals surface area contributed by atoms with Crippen LogP contribution in [0.3, 0.4) is 0 Å². The molecule has 0 spiro atoms. The van der Waals surface area contributed by atoms with Gasteiger partial charge in [-0.25, -0.2) is 4.39 Å². The van der Waals surface area contributed by atoms with Gasteiger partial charge < -0.3 is 10.1 Å². The molecule has 0 saturated carbocycles. The summed E-state index contributed by atoms with van der Waals surface area (Å²) >= 11 is 3.59. The molecule has 1 atom stereocenters. The molecule has 21 heavy (non-hydrogen) atoms. The van der Waals surface area contributed by atoms with E-state index in [4.69, 9.17) is 4.74 Å². The Kier molecular flexibility index (Phi) is 5.01. The zero-order valence-corrected chi connectivity index (χ0v) is 14.2. The lowest BCUT2D eigenvalue weighted by Gasteiger charge is -2.24. The predicted octanol–water partition coefficient (Wildman–Crippen LogP) is 4.52. The van der Waals surface area contributed by atoms with Crippen molar-refractivity contribution in [1.82, 2.24) is 5.32 Å². The van der Waals surface area contributed by atoms with Gasteiger partial charge in [0.15, 0.2) is 0 Å². The summed E-state index contributed by atoms with van der Waals surface area (Å²) in [5.74, 6) is 0.593. The number of rotatable bonds is 4. The van der Waals surface area contributed by atoms with E-state index in [-0.39, 0.29) is 11.9 Å². The van der Waals surface area contributed by atoms with Crippen molar-refractivity contribution in [2.24, 2.45) is 0 Å². The number of halogens is 2. The molecular formula is C17H19BrFNO. The molecule has 1 unspecified atom stereocenters. The van der Waals surface area contributed by atoms with Crippen LogP contribution in [0.1, 0.15) is 28.3 Å². The minimum atomic E-state index is -0.240. The van der Waals surface area contributed by atoms with Crippen LogP contribution in [0.15, 0.2) is 34.8 Å². The van der Waals surface area contributed by atoms with Gasteiger partial charge in [0.05, 0.1) is 13.2 Å². The Hall–Kier alpha value is -1.39. The summed E-state index contributed by atoms with van der Waals surface area (Å²) in [5, 5.41) is 3.26. The SMILES string of the molecule is CNC(c1cccc(F)c1)c1c(C)c(Br)cc(C)c1OC. The zero-order chi connectivity index (χ0) is 15.6. The first-order chi connectivity index (χ1) is 9.99. The number of methoxy groups -OCH3 is 1. The van der Waals surface area contributed by atoms with Crippen LogP contribution in [0.5, 0.6) is 5.75 Å². The highest BCUT2D eigenvalue weighted by Crippen LogP contribution is 2.38. The van der Waals surface area contributed by atoms with E-state index in [1.807, 2.05) is 33.0 Å². The van der Waals surface area contributed by atoms with Gasteiger partial charge in [-0.15, -0.1) is 0 Å². The number of benzene rings is 2. The molecule has 0 aliphatic carbocycles. The molecule has 0 aliphatic rings. The fourth-order valence-corrected chi connectivity index (χ4v) is 3.21. The van der Waals surface area contributed by atoms with Crippen molar-refractivity contribution >= 4 is 15.9 Å². The Morgan fingerprint density at radius 2 is 1.95 bits per heavy atom. The molecule has 0 saturated heterocycles. The predicted molar refractivity (Wildman–Crippen MR) is 87.5 cm³/mol. The Bertz CT molecular complexity index is 657. The maximum Gasteiger partial charge on any atom is 0.127 e. The summed E-state index contributed by atoms with van der Waals surface area (Å²) in [6, 6.07) is 8.55. The van der Waals surface area contributed by atoms with E-state index >= 15 is 0 Å². The maximum atomic E-state index is 13.6. The first-order valence-corrected chi connectivity index (χ1v) is 7.55. The minimum Gasteiger partial charge on any atom is -0.496 e. The molecule has 1 N–H and O–H groups in total. The van der Waals surface area contributed by atoms with Gasteiger partial charge in [0, 0.05) is 10.0 Å². The number of hydrogen-bond acceptors (Lipinski definition) is 2. The van der Waals surface area contributed by atoms with Gasteiger partial charge in [-0.05, 0) is 55.8 Å². The number of aryl methyl sites for hydroxylation is 1. The lowest BCUT2D eigenvalue weighted by atomic mass is 9.92. The third-order valence-electron chi connectivity index (χ3n) is 3.67. The van der Waals surface area contributed by atoms with Crippen molar-refractivity contribution in [2.45, 2.75) is 19.9 Å². The first kappa shape index (κ1) is 16.0. The molecule has 0 amide bonds. The molecule has 0 fully saturated rings. The molecule has 112 valence electrons. The van der Waals surface area contributed by atoms with Crippen LogP contribution in [-0.4, -0.2) is 14.2 Å². The van der Waals surface area contributed by atoms with Crippen LogP contribution < -0.4 is 10.1 Å². The fourth-order valence-electron chi connectivity index (χ4n) is 2.66. The summed E-state index contributed by atoms with van der Waals surface area (Å²) in [7, 11) is 3.53. The number of hydrogen-bond donors (Lipinski definition) is 1. The molecule has 0 aliphatic heterocycles. The van der Waals surface area contributed by atoms with E-state index in [0.717, 1.165) is 32.5 Å². The summed E-state index contributed by atoms with van der Waals surface area (Å²) in [6.45, 7) is 4.04. The molecule has 2 aromatic rings. The second-order valence-corrected chi connectivity index (χ2v) is 5.88. The standard InChI is InChI=1S/C17H19BrFNO/c1-10-8-14(18)11(2)15(17(10)21-4)16(20-3)12-6-5-7-13(19)9-12/h5-9,16,20H,1-4H3. The van der Waals surface area contributed by atoms with Crippen molar-refractivity contribution in [3.05, 3.63) is 62.9 Å². The van der Waals surface area contributed by atoms with E-state index in [1.165, 1.54) is 6.07 Å². The van der Waals surface area contributed by atoms with Gasteiger partial charge in [-0.1, -0.05) is 28.1 Å². The van der Waals surface area contributed by atoms with E-state index in [9.17, 15) is 4.39 Å². The lowest BCUT2D eigenvalue weighted by molar-refractivity contribution is 0.401. The monoisotopic (exact) mass is 351 g/mol. The molecule has 2 nitrogen and oxygen atoms in total. The van der Waals surface area contributed by atoms with Crippen LogP contribution in [-0.2, 0) is 0 Å². The smallest absolute Gasteiger partial charge is 0.127 e. The summed E-state index contributed by atoms with van der Waals surface area (Å²) in [6.07, 6.45) is 0. The van der Waals surface area contributed by atoms with Crippen LogP contribution in [0.4, 0.5) is 4.39 Å². The van der Waals surface area contributed by atoms with Crippen molar-refractivity contribution in [2.75, 3.05) is 14.2 Å². The molecule has 0 aromatic heterocycles. The van der Waals surface area contributed by atoms with Crippen molar-refractivity contribution in [3.8, 4) is 5.75 Å². The first-order valence-electron chi connectivity index (χ1n) is 6.76. The number of ether oxygens (including phenoxy) is 1. The fraction of sp³-hybridized carbons (Fsp3) is 0.294. The second kappa shape index (κ2) is 6.58. The molecule has 0 radical (unpaired) electrons. The van der Waals surface area contributed by atoms with E-state index in [1.54, 1.807) is 19.2 Å². The van der Waals surface area contributed by atoms with E-state index in [2.05, 4.69) is 21.2 Å². The van der Waals surface area contributed by atoms with Gasteiger partial charge in [-0.3, -0.25) is 0 Å². The van der Waals surface area contributed by atoms with Crippen LogP contribution in [0.25, 0.3) is 0 Å². The second-order valence-electron chi connectivity index (χ2n) is 5.02. The Labute approximate surface area is 133 Å². The Morgan fingerprint density at radius 3 is 2.52 bits per heavy atom. The van der Waals surface area contributed by atoms with Crippen LogP contribution in [0, 0.1) is 19.7 Å². The van der Waals surface area contributed by atoms with Crippen molar-refractivity contribution < 1.29 is 9.13 Å². The highest BCUT2D eigenvalue weighted by atomic mass is 79.9. The maximum absolute atomic E-state index is 13.6. The largest absolute Gasteiger partial charge is 0.496 e. The van der Waals surface area contributed by atoms with Crippen molar-refractivity contribution in [1.29, 1.82) is 0 Å². The van der Waals surface area contributed by atoms with Gasteiger partial charge >= 0.3 is 0 Å². The molecule has 0 bridgehead atoms. The highest BCUT2D eigenvalue weighted by molar-refractivity contribution is 9.10. The van der Waals surface area contributed by atoms with Gasteiger partial charge in [0.2, 0.25) is 0 Å².